The van der Waals surface area contributed by atoms with Gasteiger partial charge in [-0.15, -0.1) is 0 Å². The number of hydrogen-bond acceptors (Lipinski definition) is 6. The van der Waals surface area contributed by atoms with Crippen molar-refractivity contribution in [3.63, 3.8) is 0 Å². The average molecular weight is 473 g/mol. The van der Waals surface area contributed by atoms with Crippen molar-refractivity contribution in [2.75, 3.05) is 0 Å². The number of fused-ring (bicyclic) bond motifs is 1. The first-order valence-electron chi connectivity index (χ1n) is 10.6. The Morgan fingerprint density at radius 1 is 1.06 bits per heavy atom. The van der Waals surface area contributed by atoms with Gasteiger partial charge in [-0.1, -0.05) is 12.1 Å². The molecule has 2 aromatic heterocycles. The molecule has 0 saturated heterocycles. The Labute approximate surface area is 193 Å². The number of rotatable bonds is 10. The highest BCUT2D eigenvalue weighted by molar-refractivity contribution is 7.87. The van der Waals surface area contributed by atoms with Crippen LogP contribution in [-0.4, -0.2) is 51.9 Å². The topological polar surface area (TPSA) is 122 Å². The van der Waals surface area contributed by atoms with Crippen LogP contribution in [0.3, 0.4) is 0 Å². The van der Waals surface area contributed by atoms with Gasteiger partial charge in [0.2, 0.25) is 5.88 Å². The largest absolute Gasteiger partial charge is 0.480 e. The third-order valence-electron chi connectivity index (χ3n) is 4.99. The minimum Gasteiger partial charge on any atom is -0.480 e. The molecule has 1 unspecified atom stereocenters. The zero-order chi connectivity index (χ0) is 24.2. The maximum absolute atomic E-state index is 12.8. The van der Waals surface area contributed by atoms with E-state index in [1.165, 1.54) is 4.31 Å². The molecule has 0 saturated carbocycles. The van der Waals surface area contributed by atoms with Gasteiger partial charge in [0.25, 0.3) is 10.2 Å². The predicted octanol–water partition coefficient (Wildman–Crippen LogP) is 3.37. The molecular formula is C23H28N4O5S. The number of carboxylic acid groups (broad SMARTS) is 1. The Morgan fingerprint density at radius 2 is 1.73 bits per heavy atom. The normalized spacial score (nSPS) is 13.1. The zero-order valence-corrected chi connectivity index (χ0v) is 19.8. The first-order chi connectivity index (χ1) is 15.6. The van der Waals surface area contributed by atoms with Crippen LogP contribution in [0.4, 0.5) is 0 Å². The molecule has 0 spiro atoms. The molecule has 2 heterocycles. The van der Waals surface area contributed by atoms with E-state index in [9.17, 15) is 18.3 Å². The third-order valence-corrected chi connectivity index (χ3v) is 6.97. The maximum atomic E-state index is 12.8. The lowest BCUT2D eigenvalue weighted by molar-refractivity contribution is -0.139. The summed E-state index contributed by atoms with van der Waals surface area (Å²) in [7, 11) is -3.99. The lowest BCUT2D eigenvalue weighted by atomic mass is 10.1. The van der Waals surface area contributed by atoms with E-state index in [2.05, 4.69) is 14.7 Å². The summed E-state index contributed by atoms with van der Waals surface area (Å²) in [5.41, 5.74) is 0.646. The molecule has 0 fully saturated rings. The van der Waals surface area contributed by atoms with Crippen molar-refractivity contribution in [3.05, 3.63) is 60.6 Å². The lowest BCUT2D eigenvalue weighted by Gasteiger charge is -2.30. The highest BCUT2D eigenvalue weighted by atomic mass is 32.2. The Balaban J connectivity index is 1.75. The molecule has 3 aromatic rings. The summed E-state index contributed by atoms with van der Waals surface area (Å²) in [6, 6.07) is 8.51. The fourth-order valence-corrected chi connectivity index (χ4v) is 5.46. The van der Waals surface area contributed by atoms with Crippen LogP contribution in [0.5, 0.6) is 11.6 Å². The molecule has 2 N–H and O–H groups in total. The number of carboxylic acids is 1. The van der Waals surface area contributed by atoms with Crippen molar-refractivity contribution >= 4 is 27.0 Å². The highest BCUT2D eigenvalue weighted by Crippen LogP contribution is 2.27. The van der Waals surface area contributed by atoms with Crippen LogP contribution in [0.2, 0.25) is 0 Å². The van der Waals surface area contributed by atoms with Crippen molar-refractivity contribution < 1.29 is 23.1 Å². The molecule has 0 aliphatic carbocycles. The van der Waals surface area contributed by atoms with Crippen molar-refractivity contribution in [1.82, 2.24) is 19.0 Å². The van der Waals surface area contributed by atoms with Crippen LogP contribution in [0.15, 0.2) is 55.0 Å². The van der Waals surface area contributed by atoms with E-state index in [0.29, 0.717) is 17.2 Å². The van der Waals surface area contributed by atoms with Gasteiger partial charge in [0, 0.05) is 41.4 Å². The second-order valence-electron chi connectivity index (χ2n) is 8.19. The van der Waals surface area contributed by atoms with E-state index in [0.717, 1.165) is 10.8 Å². The zero-order valence-electron chi connectivity index (χ0n) is 19.0. The van der Waals surface area contributed by atoms with Gasteiger partial charge >= 0.3 is 5.97 Å². The standard InChI is InChI=1S/C23H28N4O5S/c1-15(2)27(16(3)4)33(30,31)26-21(23(28)29)13-17-5-7-19(8-6-17)32-22-20-10-11-24-14-18(20)9-12-25-22/h5-12,14-16,21,26H,13H2,1-4H3,(H,28,29). The van der Waals surface area contributed by atoms with E-state index >= 15 is 0 Å². The van der Waals surface area contributed by atoms with Gasteiger partial charge in [0.15, 0.2) is 0 Å². The monoisotopic (exact) mass is 472 g/mol. The molecule has 1 atom stereocenters. The molecule has 0 bridgehead atoms. The number of hydrogen-bond donors (Lipinski definition) is 2. The smallest absolute Gasteiger partial charge is 0.322 e. The van der Waals surface area contributed by atoms with E-state index < -0.39 is 22.2 Å². The Morgan fingerprint density at radius 3 is 2.33 bits per heavy atom. The highest BCUT2D eigenvalue weighted by Gasteiger charge is 2.32. The number of benzene rings is 1. The SMILES string of the molecule is CC(C)N(C(C)C)S(=O)(=O)NC(Cc1ccc(Oc2nccc3cnccc23)cc1)C(=O)O. The summed E-state index contributed by atoms with van der Waals surface area (Å²) in [4.78, 5) is 20.2. The lowest BCUT2D eigenvalue weighted by Crippen LogP contribution is -2.53. The van der Waals surface area contributed by atoms with Crippen LogP contribution in [0.1, 0.15) is 33.3 Å². The summed E-state index contributed by atoms with van der Waals surface area (Å²) in [5.74, 6) is -0.296. The van der Waals surface area contributed by atoms with E-state index in [1.807, 2.05) is 12.1 Å². The van der Waals surface area contributed by atoms with Crippen LogP contribution >= 0.6 is 0 Å². The van der Waals surface area contributed by atoms with Gasteiger partial charge in [-0.3, -0.25) is 9.78 Å². The number of aromatic nitrogens is 2. The predicted molar refractivity (Wildman–Crippen MR) is 125 cm³/mol. The van der Waals surface area contributed by atoms with Crippen molar-refractivity contribution in [2.24, 2.45) is 0 Å². The molecule has 10 heteroatoms. The summed E-state index contributed by atoms with van der Waals surface area (Å²) in [6.45, 7) is 6.98. The first kappa shape index (κ1) is 24.6. The van der Waals surface area contributed by atoms with Crippen LogP contribution in [0, 0.1) is 0 Å². The first-order valence-corrected chi connectivity index (χ1v) is 12.0. The number of carbonyl (C=O) groups is 1. The molecule has 33 heavy (non-hydrogen) atoms. The Hall–Kier alpha value is -3.08. The molecule has 9 nitrogen and oxygen atoms in total. The molecule has 1 aromatic carbocycles. The minimum atomic E-state index is -3.99. The number of nitrogens with zero attached hydrogens (tertiary/aromatic N) is 3. The fraction of sp³-hybridized carbons (Fsp3) is 0.348. The van der Waals surface area contributed by atoms with E-state index in [4.69, 9.17) is 4.74 Å². The van der Waals surface area contributed by atoms with Gasteiger partial charge in [-0.05, 0) is 63.9 Å². The summed E-state index contributed by atoms with van der Waals surface area (Å²) >= 11 is 0. The van der Waals surface area contributed by atoms with Crippen molar-refractivity contribution in [1.29, 1.82) is 0 Å². The van der Waals surface area contributed by atoms with Crippen molar-refractivity contribution in [3.8, 4) is 11.6 Å². The number of pyridine rings is 2. The minimum absolute atomic E-state index is 0.0168. The number of nitrogens with one attached hydrogen (secondary N) is 1. The van der Waals surface area contributed by atoms with Gasteiger partial charge < -0.3 is 9.84 Å². The molecule has 0 amide bonds. The summed E-state index contributed by atoms with van der Waals surface area (Å²) < 4.78 is 35.1. The molecule has 176 valence electrons. The summed E-state index contributed by atoms with van der Waals surface area (Å²) in [5, 5.41) is 11.3. The van der Waals surface area contributed by atoms with Gasteiger partial charge in [0.1, 0.15) is 11.8 Å². The van der Waals surface area contributed by atoms with Crippen molar-refractivity contribution in [2.45, 2.75) is 52.2 Å². The fourth-order valence-electron chi connectivity index (χ4n) is 3.68. The number of aliphatic carboxylic acids is 1. The Bertz CT molecular complexity index is 1200. The molecule has 0 radical (unpaired) electrons. The molecular weight excluding hydrogens is 444 g/mol. The Kier molecular flexibility index (Phi) is 7.62. The molecule has 3 rings (SSSR count). The van der Waals surface area contributed by atoms with E-state index in [-0.39, 0.29) is 18.5 Å². The molecule has 0 aliphatic heterocycles. The van der Waals surface area contributed by atoms with Gasteiger partial charge in [-0.2, -0.15) is 17.4 Å². The second kappa shape index (κ2) is 10.2. The van der Waals surface area contributed by atoms with Crippen LogP contribution in [0.25, 0.3) is 10.8 Å². The quantitative estimate of drug-likeness (QED) is 0.464. The third kappa shape index (κ3) is 6.04. The molecule has 0 aliphatic rings. The van der Waals surface area contributed by atoms with E-state index in [1.54, 1.807) is 70.6 Å². The van der Waals surface area contributed by atoms with Gasteiger partial charge in [-0.25, -0.2) is 4.98 Å². The van der Waals surface area contributed by atoms with Gasteiger partial charge in [0.05, 0.1) is 0 Å². The number of ether oxygens (including phenoxy) is 1. The average Bonchev–Trinajstić information content (AvgIpc) is 2.73. The maximum Gasteiger partial charge on any atom is 0.322 e. The van der Waals surface area contributed by atoms with Crippen LogP contribution in [-0.2, 0) is 21.4 Å². The summed E-state index contributed by atoms with van der Waals surface area (Å²) in [6.07, 6.45) is 5.00. The second-order valence-corrected chi connectivity index (χ2v) is 9.80. The van der Waals surface area contributed by atoms with Crippen LogP contribution < -0.4 is 9.46 Å².